The Morgan fingerprint density at radius 2 is 1.88 bits per heavy atom. The third kappa shape index (κ3) is 8.16. The molecule has 184 valence electrons. The number of ether oxygens (including phenoxy) is 1. The van der Waals surface area contributed by atoms with Crippen molar-refractivity contribution in [3.8, 4) is 0 Å². The number of nitrogens with zero attached hydrogens (tertiary/aromatic N) is 1. The number of aromatic nitrogens is 1. The van der Waals surface area contributed by atoms with Gasteiger partial charge in [-0.1, -0.05) is 32.4 Å². The zero-order valence-electron chi connectivity index (χ0n) is 20.7. The predicted octanol–water partition coefficient (Wildman–Crippen LogP) is 4.88. The topological polar surface area (TPSA) is 96.7 Å². The summed E-state index contributed by atoms with van der Waals surface area (Å²) in [6.45, 7) is 11.2. The quantitative estimate of drug-likeness (QED) is 0.466. The van der Waals surface area contributed by atoms with Crippen molar-refractivity contribution in [3.63, 3.8) is 0 Å². The molecule has 2 heterocycles. The monoisotopic (exact) mass is 477 g/mol. The smallest absolute Gasteiger partial charge is 0.309 e. The van der Waals surface area contributed by atoms with Gasteiger partial charge in [-0.25, -0.2) is 4.98 Å². The van der Waals surface area contributed by atoms with Gasteiger partial charge in [0.2, 0.25) is 0 Å². The van der Waals surface area contributed by atoms with E-state index in [1.54, 1.807) is 25.2 Å². The van der Waals surface area contributed by atoms with E-state index >= 15 is 0 Å². The maximum absolute atomic E-state index is 12.8. The summed E-state index contributed by atoms with van der Waals surface area (Å²) in [7, 11) is 0. The highest BCUT2D eigenvalue weighted by Crippen LogP contribution is 2.26. The largest absolute Gasteiger partial charge is 0.457 e. The fourth-order valence-electron chi connectivity index (χ4n) is 4.20. The van der Waals surface area contributed by atoms with E-state index in [-0.39, 0.29) is 18.1 Å². The molecule has 0 bridgehead atoms. The van der Waals surface area contributed by atoms with Crippen LogP contribution in [0.1, 0.15) is 77.4 Å². The van der Waals surface area contributed by atoms with E-state index in [1.807, 2.05) is 32.2 Å². The summed E-state index contributed by atoms with van der Waals surface area (Å²) in [5, 5.41) is 24.1. The number of rotatable bonds is 2. The third-order valence-electron chi connectivity index (χ3n) is 6.65. The first-order chi connectivity index (χ1) is 15.5. The van der Waals surface area contributed by atoms with Gasteiger partial charge in [-0.2, -0.15) is 0 Å². The van der Waals surface area contributed by atoms with Crippen molar-refractivity contribution in [1.82, 2.24) is 4.98 Å². The number of allylic oxidation sites excluding steroid dienone is 1. The van der Waals surface area contributed by atoms with E-state index in [2.05, 4.69) is 18.0 Å². The third-order valence-corrected chi connectivity index (χ3v) is 7.44. The molecule has 1 aromatic heterocycles. The van der Waals surface area contributed by atoms with Crippen molar-refractivity contribution in [1.29, 1.82) is 0 Å². The number of carbonyl (C=O) groups excluding carboxylic acids is 2. The molecule has 0 radical (unpaired) electrons. The molecule has 33 heavy (non-hydrogen) atoms. The molecular formula is C26H39NO5S. The lowest BCUT2D eigenvalue weighted by Crippen LogP contribution is -2.39. The van der Waals surface area contributed by atoms with Crippen molar-refractivity contribution in [2.24, 2.45) is 17.8 Å². The molecule has 2 rings (SSSR count). The number of ketones is 1. The van der Waals surface area contributed by atoms with Crippen LogP contribution in [0.25, 0.3) is 6.08 Å². The first-order valence-electron chi connectivity index (χ1n) is 11.8. The number of esters is 1. The molecule has 2 N–H and O–H groups in total. The second-order valence-corrected chi connectivity index (χ2v) is 10.6. The lowest BCUT2D eigenvalue weighted by molar-refractivity contribution is -0.151. The van der Waals surface area contributed by atoms with Gasteiger partial charge in [-0.15, -0.1) is 11.3 Å². The molecule has 1 aliphatic rings. The minimum Gasteiger partial charge on any atom is -0.457 e. The number of cyclic esters (lactones) is 1. The van der Waals surface area contributed by atoms with Crippen molar-refractivity contribution in [2.45, 2.75) is 92.0 Å². The van der Waals surface area contributed by atoms with Crippen molar-refractivity contribution < 1.29 is 24.5 Å². The molecular weight excluding hydrogens is 438 g/mol. The highest BCUT2D eigenvalue weighted by molar-refractivity contribution is 7.09. The average Bonchev–Trinajstić information content (AvgIpc) is 3.17. The number of aliphatic hydroxyl groups excluding tert-OH is 2. The van der Waals surface area contributed by atoms with E-state index in [1.165, 1.54) is 5.57 Å². The normalized spacial score (nSPS) is 33.3. The number of aryl methyl sites for hydroxylation is 1. The molecule has 0 amide bonds. The molecule has 1 aliphatic heterocycles. The highest BCUT2D eigenvalue weighted by atomic mass is 32.1. The molecule has 0 fully saturated rings. The minimum absolute atomic E-state index is 0.0292. The van der Waals surface area contributed by atoms with Gasteiger partial charge in [0.1, 0.15) is 11.9 Å². The zero-order chi connectivity index (χ0) is 24.7. The van der Waals surface area contributed by atoms with E-state index in [0.29, 0.717) is 6.42 Å². The maximum atomic E-state index is 12.8. The fourth-order valence-corrected chi connectivity index (χ4v) is 4.77. The van der Waals surface area contributed by atoms with E-state index < -0.39 is 36.1 Å². The van der Waals surface area contributed by atoms with Gasteiger partial charge in [0.25, 0.3) is 0 Å². The molecule has 0 saturated heterocycles. The van der Waals surface area contributed by atoms with E-state index in [4.69, 9.17) is 4.74 Å². The number of hydrogen-bond acceptors (Lipinski definition) is 7. The molecule has 0 saturated carbocycles. The minimum atomic E-state index is -1.16. The van der Waals surface area contributed by atoms with Gasteiger partial charge in [0.05, 0.1) is 29.3 Å². The number of carbonyl (C=O) groups is 2. The maximum Gasteiger partial charge on any atom is 0.309 e. The van der Waals surface area contributed by atoms with Crippen molar-refractivity contribution in [3.05, 3.63) is 33.3 Å². The lowest BCUT2D eigenvalue weighted by Gasteiger charge is -2.28. The molecule has 7 heteroatoms. The van der Waals surface area contributed by atoms with Gasteiger partial charge in [-0.05, 0) is 57.6 Å². The van der Waals surface area contributed by atoms with Crippen LogP contribution in [0.4, 0.5) is 0 Å². The first-order valence-corrected chi connectivity index (χ1v) is 12.7. The summed E-state index contributed by atoms with van der Waals surface area (Å²) >= 11 is 1.56. The van der Waals surface area contributed by atoms with Gasteiger partial charge in [-0.3, -0.25) is 9.59 Å². The number of hydrogen-bond donors (Lipinski definition) is 2. The predicted molar refractivity (Wildman–Crippen MR) is 132 cm³/mol. The van der Waals surface area contributed by atoms with Gasteiger partial charge < -0.3 is 14.9 Å². The van der Waals surface area contributed by atoms with Crippen LogP contribution in [0.5, 0.6) is 0 Å². The summed E-state index contributed by atoms with van der Waals surface area (Å²) in [4.78, 5) is 30.0. The average molecular weight is 478 g/mol. The van der Waals surface area contributed by atoms with Gasteiger partial charge in [0, 0.05) is 23.6 Å². The summed E-state index contributed by atoms with van der Waals surface area (Å²) in [6, 6.07) is 0. The summed E-state index contributed by atoms with van der Waals surface area (Å²) in [5.41, 5.74) is 2.90. The summed E-state index contributed by atoms with van der Waals surface area (Å²) in [5.74, 6) is -2.18. The van der Waals surface area contributed by atoms with Crippen LogP contribution in [-0.2, 0) is 14.3 Å². The van der Waals surface area contributed by atoms with Crippen LogP contribution in [0.2, 0.25) is 0 Å². The number of aliphatic hydroxyl groups is 2. The number of thiazole rings is 1. The van der Waals surface area contributed by atoms with Crippen LogP contribution in [-0.4, -0.2) is 45.3 Å². The molecule has 6 nitrogen and oxygen atoms in total. The Bertz CT molecular complexity index is 874. The van der Waals surface area contributed by atoms with Crippen LogP contribution in [0.3, 0.4) is 0 Å². The first kappa shape index (κ1) is 27.4. The standard InChI is InChI=1S/C26H39NO5S/c1-15-8-7-9-16(2)25(30)19(5)26(31)18(4)22(28)13-24(29)32-23(11-10-15)17(3)12-21-14-33-20(6)27-21/h10,12,14,16,18-19,22-23,25,28,30H,7-9,11,13H2,1-6H3/b15-10-,17-12+/t16-,18+,19+,22-,23-,25?/m0/s1. The van der Waals surface area contributed by atoms with Crippen LogP contribution >= 0.6 is 11.3 Å². The molecule has 0 aliphatic carbocycles. The zero-order valence-corrected chi connectivity index (χ0v) is 21.5. The second kappa shape index (κ2) is 12.6. The second-order valence-electron chi connectivity index (χ2n) is 9.56. The Labute approximate surface area is 201 Å². The SMILES string of the molecule is C/C1=C/C[C@@H](/C(C)=C/c2csc(C)n2)OC(=O)C[C@H](O)[C@@H](C)C(=O)[C@H](C)C(O)[C@@H](C)CCC1. The number of Topliss-reactive ketones (excluding diaryl/α,β-unsaturated/α-hetero) is 1. The molecule has 6 atom stereocenters. The van der Waals surface area contributed by atoms with Crippen LogP contribution in [0, 0.1) is 24.7 Å². The Morgan fingerprint density at radius 1 is 1.18 bits per heavy atom. The lowest BCUT2D eigenvalue weighted by atomic mass is 9.81. The molecule has 1 aromatic rings. The fraction of sp³-hybridized carbons (Fsp3) is 0.654. The summed E-state index contributed by atoms with van der Waals surface area (Å²) in [6.07, 6.45) is 4.46. The van der Waals surface area contributed by atoms with Crippen LogP contribution in [0.15, 0.2) is 22.6 Å². The molecule has 0 aromatic carbocycles. The Kier molecular flexibility index (Phi) is 10.5. The van der Waals surface area contributed by atoms with Crippen molar-refractivity contribution in [2.75, 3.05) is 0 Å². The van der Waals surface area contributed by atoms with Crippen LogP contribution < -0.4 is 0 Å². The van der Waals surface area contributed by atoms with Gasteiger partial charge >= 0.3 is 5.97 Å². The summed E-state index contributed by atoms with van der Waals surface area (Å²) < 4.78 is 5.76. The Balaban J connectivity index is 2.27. The Hall–Kier alpha value is -1.83. The van der Waals surface area contributed by atoms with Crippen molar-refractivity contribution >= 4 is 29.2 Å². The highest BCUT2D eigenvalue weighted by Gasteiger charge is 2.34. The molecule has 0 spiro atoms. The van der Waals surface area contributed by atoms with E-state index in [0.717, 1.165) is 35.5 Å². The Morgan fingerprint density at radius 3 is 2.52 bits per heavy atom. The van der Waals surface area contributed by atoms with Gasteiger partial charge in [0.15, 0.2) is 0 Å². The van der Waals surface area contributed by atoms with E-state index in [9.17, 15) is 19.8 Å². The molecule has 1 unspecified atom stereocenters.